The van der Waals surface area contributed by atoms with Gasteiger partial charge in [-0.3, -0.25) is 0 Å². The average Bonchev–Trinajstić information content (AvgIpc) is 2.80. The normalized spacial score (nSPS) is 28.5. The molecule has 3 rings (SSSR count). The van der Waals surface area contributed by atoms with Crippen molar-refractivity contribution in [3.05, 3.63) is 22.3 Å². The fourth-order valence-corrected chi connectivity index (χ4v) is 3.22. The van der Waals surface area contributed by atoms with E-state index in [1.807, 2.05) is 0 Å². The van der Waals surface area contributed by atoms with Gasteiger partial charge < -0.3 is 10.2 Å². The van der Waals surface area contributed by atoms with Gasteiger partial charge in [-0.1, -0.05) is 23.2 Å². The highest BCUT2D eigenvalue weighted by molar-refractivity contribution is 6.36. The topological polar surface area (TPSA) is 28.2 Å². The van der Waals surface area contributed by atoms with E-state index >= 15 is 0 Å². The van der Waals surface area contributed by atoms with Crippen LogP contribution in [0, 0.1) is 5.92 Å². The molecule has 0 aromatic carbocycles. The van der Waals surface area contributed by atoms with Crippen LogP contribution in [0.15, 0.2) is 12.3 Å². The second kappa shape index (κ2) is 4.06. The van der Waals surface area contributed by atoms with Gasteiger partial charge in [-0.05, 0) is 18.4 Å². The molecular weight excluding hydrogens is 245 g/mol. The molecule has 3 heterocycles. The van der Waals surface area contributed by atoms with Crippen LogP contribution in [0.4, 0.5) is 5.82 Å². The van der Waals surface area contributed by atoms with Crippen LogP contribution in [0.1, 0.15) is 6.42 Å². The van der Waals surface area contributed by atoms with Crippen LogP contribution in [0.25, 0.3) is 0 Å². The summed E-state index contributed by atoms with van der Waals surface area (Å²) in [5.74, 6) is 1.62. The number of nitrogens with zero attached hydrogens (tertiary/aromatic N) is 2. The molecule has 2 saturated heterocycles. The van der Waals surface area contributed by atoms with Crippen molar-refractivity contribution in [2.75, 3.05) is 24.5 Å². The van der Waals surface area contributed by atoms with Gasteiger partial charge in [0.1, 0.15) is 5.82 Å². The first kappa shape index (κ1) is 10.6. The molecule has 3 nitrogen and oxygen atoms in total. The van der Waals surface area contributed by atoms with Gasteiger partial charge in [-0.15, -0.1) is 0 Å². The molecule has 5 heteroatoms. The van der Waals surface area contributed by atoms with Crippen LogP contribution >= 0.6 is 23.2 Å². The van der Waals surface area contributed by atoms with E-state index in [1.54, 1.807) is 12.3 Å². The number of nitrogens with one attached hydrogen (secondary N) is 1. The van der Waals surface area contributed by atoms with Crippen molar-refractivity contribution in [1.82, 2.24) is 10.3 Å². The molecule has 0 amide bonds. The van der Waals surface area contributed by atoms with Crippen LogP contribution in [0.5, 0.6) is 0 Å². The molecule has 1 N–H and O–H groups in total. The van der Waals surface area contributed by atoms with E-state index in [1.165, 1.54) is 6.42 Å². The molecule has 2 atom stereocenters. The van der Waals surface area contributed by atoms with Gasteiger partial charge in [0.15, 0.2) is 0 Å². The second-order valence-corrected chi connectivity index (χ2v) is 5.27. The third-order valence-corrected chi connectivity index (χ3v) is 3.99. The number of hydrogen-bond donors (Lipinski definition) is 1. The molecule has 1 aromatic heterocycles. The number of rotatable bonds is 1. The SMILES string of the molecule is Clc1cnc(N2CC[C@H]3CNC[C@H]32)c(Cl)c1. The zero-order valence-electron chi connectivity index (χ0n) is 8.79. The van der Waals surface area contributed by atoms with Gasteiger partial charge in [-0.25, -0.2) is 4.98 Å². The summed E-state index contributed by atoms with van der Waals surface area (Å²) in [7, 11) is 0. The Morgan fingerprint density at radius 1 is 1.38 bits per heavy atom. The van der Waals surface area contributed by atoms with Crippen LogP contribution in [0.2, 0.25) is 10.0 Å². The standard InChI is InChI=1S/C11H13Cl2N3/c12-8-3-9(13)11(15-5-8)16-2-1-7-4-14-6-10(7)16/h3,5,7,10,14H,1-2,4,6H2/t7-,10+/m0/s1. The highest BCUT2D eigenvalue weighted by Gasteiger charge is 2.38. The minimum Gasteiger partial charge on any atom is -0.351 e. The Morgan fingerprint density at radius 2 is 2.25 bits per heavy atom. The number of hydrogen-bond acceptors (Lipinski definition) is 3. The fraction of sp³-hybridized carbons (Fsp3) is 0.545. The van der Waals surface area contributed by atoms with Gasteiger partial charge in [0, 0.05) is 31.9 Å². The molecule has 0 unspecified atom stereocenters. The quantitative estimate of drug-likeness (QED) is 0.836. The summed E-state index contributed by atoms with van der Waals surface area (Å²) in [4.78, 5) is 6.66. The molecular formula is C11H13Cl2N3. The summed E-state index contributed by atoms with van der Waals surface area (Å²) in [5.41, 5.74) is 0. The van der Waals surface area contributed by atoms with Crippen molar-refractivity contribution >= 4 is 29.0 Å². The molecule has 1 aromatic rings. The predicted molar refractivity (Wildman–Crippen MR) is 66.4 cm³/mol. The summed E-state index contributed by atoms with van der Waals surface area (Å²) in [6, 6.07) is 2.31. The summed E-state index contributed by atoms with van der Waals surface area (Å²) in [6.07, 6.45) is 2.89. The molecule has 0 spiro atoms. The van der Waals surface area contributed by atoms with E-state index in [2.05, 4.69) is 15.2 Å². The lowest BCUT2D eigenvalue weighted by Crippen LogP contribution is -2.34. The Kier molecular flexibility index (Phi) is 2.70. The highest BCUT2D eigenvalue weighted by atomic mass is 35.5. The molecule has 2 fully saturated rings. The number of anilines is 1. The van der Waals surface area contributed by atoms with E-state index < -0.39 is 0 Å². The monoisotopic (exact) mass is 257 g/mol. The van der Waals surface area contributed by atoms with E-state index in [9.17, 15) is 0 Å². The van der Waals surface area contributed by atoms with E-state index in [0.29, 0.717) is 16.1 Å². The smallest absolute Gasteiger partial charge is 0.147 e. The molecule has 2 aliphatic rings. The van der Waals surface area contributed by atoms with Crippen molar-refractivity contribution in [2.45, 2.75) is 12.5 Å². The zero-order valence-corrected chi connectivity index (χ0v) is 10.3. The Morgan fingerprint density at radius 3 is 3.06 bits per heavy atom. The maximum absolute atomic E-state index is 6.19. The maximum Gasteiger partial charge on any atom is 0.147 e. The molecule has 16 heavy (non-hydrogen) atoms. The Bertz CT molecular complexity index is 410. The largest absolute Gasteiger partial charge is 0.351 e. The van der Waals surface area contributed by atoms with Crippen LogP contribution < -0.4 is 10.2 Å². The van der Waals surface area contributed by atoms with Crippen LogP contribution in [-0.2, 0) is 0 Å². The Hall–Kier alpha value is -0.510. The van der Waals surface area contributed by atoms with Gasteiger partial charge in [0.25, 0.3) is 0 Å². The minimum atomic E-state index is 0.547. The Balaban J connectivity index is 1.92. The van der Waals surface area contributed by atoms with Crippen molar-refractivity contribution in [1.29, 1.82) is 0 Å². The van der Waals surface area contributed by atoms with Gasteiger partial charge in [-0.2, -0.15) is 0 Å². The van der Waals surface area contributed by atoms with Crippen LogP contribution in [0.3, 0.4) is 0 Å². The fourth-order valence-electron chi connectivity index (χ4n) is 2.73. The lowest BCUT2D eigenvalue weighted by molar-refractivity contribution is 0.577. The van der Waals surface area contributed by atoms with Crippen molar-refractivity contribution in [2.24, 2.45) is 5.92 Å². The van der Waals surface area contributed by atoms with Gasteiger partial charge in [0.2, 0.25) is 0 Å². The summed E-state index contributed by atoms with van der Waals surface area (Å²) < 4.78 is 0. The van der Waals surface area contributed by atoms with Crippen LogP contribution in [-0.4, -0.2) is 30.7 Å². The molecule has 0 saturated carbocycles. The average molecular weight is 258 g/mol. The first-order chi connectivity index (χ1) is 7.75. The lowest BCUT2D eigenvalue weighted by Gasteiger charge is -2.25. The van der Waals surface area contributed by atoms with E-state index in [0.717, 1.165) is 31.4 Å². The van der Waals surface area contributed by atoms with Crippen molar-refractivity contribution < 1.29 is 0 Å². The summed E-state index contributed by atoms with van der Waals surface area (Å²) in [6.45, 7) is 3.20. The number of fused-ring (bicyclic) bond motifs is 1. The Labute approximate surface area is 105 Å². The number of aromatic nitrogens is 1. The van der Waals surface area contributed by atoms with Crippen molar-refractivity contribution in [3.63, 3.8) is 0 Å². The van der Waals surface area contributed by atoms with E-state index in [-0.39, 0.29) is 0 Å². The van der Waals surface area contributed by atoms with E-state index in [4.69, 9.17) is 23.2 Å². The molecule has 0 radical (unpaired) electrons. The molecule has 0 aliphatic carbocycles. The first-order valence-electron chi connectivity index (χ1n) is 5.54. The van der Waals surface area contributed by atoms with Gasteiger partial charge in [0.05, 0.1) is 10.0 Å². The third kappa shape index (κ3) is 1.67. The predicted octanol–water partition coefficient (Wildman–Crippen LogP) is 2.19. The summed E-state index contributed by atoms with van der Waals surface area (Å²) >= 11 is 12.0. The molecule has 86 valence electrons. The maximum atomic E-state index is 6.19. The zero-order chi connectivity index (χ0) is 11.1. The first-order valence-corrected chi connectivity index (χ1v) is 6.29. The minimum absolute atomic E-state index is 0.547. The number of pyridine rings is 1. The number of halogens is 2. The molecule has 0 bridgehead atoms. The molecule has 2 aliphatic heterocycles. The second-order valence-electron chi connectivity index (χ2n) is 4.43. The highest BCUT2D eigenvalue weighted by Crippen LogP contribution is 2.35. The lowest BCUT2D eigenvalue weighted by atomic mass is 10.1. The third-order valence-electron chi connectivity index (χ3n) is 3.51. The van der Waals surface area contributed by atoms with Crippen molar-refractivity contribution in [3.8, 4) is 0 Å². The summed E-state index contributed by atoms with van der Waals surface area (Å²) in [5, 5.41) is 4.66. The van der Waals surface area contributed by atoms with Gasteiger partial charge >= 0.3 is 0 Å².